The van der Waals surface area contributed by atoms with Crippen molar-refractivity contribution >= 4 is 15.9 Å². The number of methoxy groups -OCH3 is 1. The molecule has 31 heavy (non-hydrogen) atoms. The summed E-state index contributed by atoms with van der Waals surface area (Å²) in [5, 5.41) is 7.01. The molecule has 0 fully saturated rings. The Kier molecular flexibility index (Phi) is 5.70. The molecule has 1 aromatic carbocycles. The van der Waals surface area contributed by atoms with E-state index in [9.17, 15) is 17.6 Å². The van der Waals surface area contributed by atoms with Crippen LogP contribution in [-0.4, -0.2) is 42.2 Å². The summed E-state index contributed by atoms with van der Waals surface area (Å²) in [5.41, 5.74) is 1.87. The number of halogens is 1. The van der Waals surface area contributed by atoms with Gasteiger partial charge in [0.1, 0.15) is 16.5 Å². The molecule has 0 saturated heterocycles. The number of aromatic nitrogens is 3. The van der Waals surface area contributed by atoms with Crippen LogP contribution in [0.1, 0.15) is 21.6 Å². The molecule has 1 aliphatic rings. The summed E-state index contributed by atoms with van der Waals surface area (Å²) in [6, 6.07) is 6.39. The van der Waals surface area contributed by atoms with Gasteiger partial charge in [-0.05, 0) is 29.8 Å². The summed E-state index contributed by atoms with van der Waals surface area (Å²) in [7, 11) is -2.73. The lowest BCUT2D eigenvalue weighted by atomic mass is 10.1. The number of carbonyl (C=O) groups excluding carboxylic acids is 1. The van der Waals surface area contributed by atoms with E-state index in [2.05, 4.69) is 20.1 Å². The zero-order valence-corrected chi connectivity index (χ0v) is 17.4. The number of nitrogens with zero attached hydrogens (tertiary/aromatic N) is 3. The van der Waals surface area contributed by atoms with E-state index in [1.807, 2.05) is 6.07 Å². The number of rotatable bonds is 7. The second-order valence-corrected chi connectivity index (χ2v) is 8.73. The lowest BCUT2D eigenvalue weighted by Crippen LogP contribution is -2.36. The molecule has 1 atom stereocenters. The molecule has 4 rings (SSSR count). The summed E-state index contributed by atoms with van der Waals surface area (Å²) in [4.78, 5) is 16.3. The minimum atomic E-state index is -4.05. The number of carbonyl (C=O) groups is 1. The van der Waals surface area contributed by atoms with E-state index in [1.165, 1.54) is 19.4 Å². The largest absolute Gasteiger partial charge is 0.495 e. The van der Waals surface area contributed by atoms with Crippen LogP contribution < -0.4 is 14.8 Å². The quantitative estimate of drug-likeness (QED) is 0.566. The molecule has 0 bridgehead atoms. The Morgan fingerprint density at radius 1 is 1.32 bits per heavy atom. The number of amides is 1. The highest BCUT2D eigenvalue weighted by molar-refractivity contribution is 7.89. The first kappa shape index (κ1) is 20.9. The zero-order valence-electron chi connectivity index (χ0n) is 16.6. The summed E-state index contributed by atoms with van der Waals surface area (Å²) in [6.45, 7) is 0.564. The molecule has 0 unspecified atom stereocenters. The number of nitrogens with one attached hydrogen (secondary N) is 2. The summed E-state index contributed by atoms with van der Waals surface area (Å²) < 4.78 is 48.4. The highest BCUT2D eigenvalue weighted by Crippen LogP contribution is 2.26. The standard InChI is InChI=1S/C20H20FN5O4S/c1-30-18-5-4-14(21)7-19(18)31(28,29)25-15-8-17-16(11-24-26(17)12-15)20(27)23-10-13-3-2-6-22-9-13/h2-7,9,11,15,25H,8,10,12H2,1H3,(H,23,27)/t15-/m0/s1. The molecule has 11 heteroatoms. The van der Waals surface area contributed by atoms with Crippen LogP contribution in [0.3, 0.4) is 0 Å². The first-order chi connectivity index (χ1) is 14.9. The van der Waals surface area contributed by atoms with E-state index in [4.69, 9.17) is 4.74 Å². The maximum Gasteiger partial charge on any atom is 0.255 e. The molecule has 3 aromatic rings. The third kappa shape index (κ3) is 4.42. The van der Waals surface area contributed by atoms with Gasteiger partial charge < -0.3 is 10.1 Å². The van der Waals surface area contributed by atoms with Gasteiger partial charge in [0.15, 0.2) is 0 Å². The van der Waals surface area contributed by atoms with Crippen molar-refractivity contribution in [2.45, 2.75) is 30.4 Å². The Hall–Kier alpha value is -3.31. The number of sulfonamides is 1. The fourth-order valence-electron chi connectivity index (χ4n) is 3.48. The van der Waals surface area contributed by atoms with Crippen molar-refractivity contribution in [1.82, 2.24) is 24.8 Å². The van der Waals surface area contributed by atoms with Gasteiger partial charge in [-0.25, -0.2) is 17.5 Å². The third-order valence-electron chi connectivity index (χ3n) is 4.94. The smallest absolute Gasteiger partial charge is 0.255 e. The van der Waals surface area contributed by atoms with E-state index >= 15 is 0 Å². The van der Waals surface area contributed by atoms with Gasteiger partial charge in [0.05, 0.1) is 31.1 Å². The molecule has 162 valence electrons. The molecule has 2 aromatic heterocycles. The fourth-order valence-corrected chi connectivity index (χ4v) is 4.89. The molecule has 9 nitrogen and oxygen atoms in total. The predicted octanol–water partition coefficient (Wildman–Crippen LogP) is 1.26. The number of benzene rings is 1. The van der Waals surface area contributed by atoms with Gasteiger partial charge in [0.25, 0.3) is 5.91 Å². The first-order valence-corrected chi connectivity index (χ1v) is 10.9. The summed E-state index contributed by atoms with van der Waals surface area (Å²) >= 11 is 0. The van der Waals surface area contributed by atoms with E-state index in [0.717, 1.165) is 17.7 Å². The van der Waals surface area contributed by atoms with Crippen LogP contribution >= 0.6 is 0 Å². The molecule has 0 saturated carbocycles. The second kappa shape index (κ2) is 8.44. The minimum Gasteiger partial charge on any atom is -0.495 e. The highest BCUT2D eigenvalue weighted by atomic mass is 32.2. The zero-order chi connectivity index (χ0) is 22.0. The van der Waals surface area contributed by atoms with Crippen LogP contribution in [0.25, 0.3) is 0 Å². The average molecular weight is 445 g/mol. The number of pyridine rings is 1. The molecule has 0 aliphatic carbocycles. The molecular weight excluding hydrogens is 425 g/mol. The normalized spacial score (nSPS) is 15.5. The summed E-state index contributed by atoms with van der Waals surface area (Å²) in [5.74, 6) is -0.950. The van der Waals surface area contributed by atoms with Gasteiger partial charge in [-0.15, -0.1) is 0 Å². The SMILES string of the molecule is COc1ccc(F)cc1S(=O)(=O)N[C@H]1Cc2c(C(=O)NCc3cccnc3)cnn2C1. The summed E-state index contributed by atoms with van der Waals surface area (Å²) in [6.07, 6.45) is 5.05. The van der Waals surface area contributed by atoms with Gasteiger partial charge in [0, 0.05) is 31.4 Å². The molecule has 0 spiro atoms. The van der Waals surface area contributed by atoms with E-state index in [-0.39, 0.29) is 29.5 Å². The van der Waals surface area contributed by atoms with Crippen molar-refractivity contribution in [1.29, 1.82) is 0 Å². The highest BCUT2D eigenvalue weighted by Gasteiger charge is 2.32. The molecule has 1 amide bonds. The van der Waals surface area contributed by atoms with Crippen molar-refractivity contribution < 1.29 is 22.3 Å². The Labute approximate surface area is 178 Å². The van der Waals surface area contributed by atoms with E-state index < -0.39 is 21.9 Å². The predicted molar refractivity (Wildman–Crippen MR) is 108 cm³/mol. The minimum absolute atomic E-state index is 0.0418. The number of hydrogen-bond donors (Lipinski definition) is 2. The van der Waals surface area contributed by atoms with Crippen LogP contribution in [0.15, 0.2) is 53.8 Å². The van der Waals surface area contributed by atoms with Crippen molar-refractivity contribution in [3.8, 4) is 5.75 Å². The van der Waals surface area contributed by atoms with Crippen molar-refractivity contribution in [2.24, 2.45) is 0 Å². The Morgan fingerprint density at radius 3 is 2.90 bits per heavy atom. The third-order valence-corrected chi connectivity index (χ3v) is 6.48. The van der Waals surface area contributed by atoms with Crippen LogP contribution in [0.4, 0.5) is 4.39 Å². The van der Waals surface area contributed by atoms with Gasteiger partial charge in [0.2, 0.25) is 10.0 Å². The number of ether oxygens (including phenoxy) is 1. The topological polar surface area (TPSA) is 115 Å². The van der Waals surface area contributed by atoms with Crippen molar-refractivity contribution in [2.75, 3.05) is 7.11 Å². The van der Waals surface area contributed by atoms with Crippen molar-refractivity contribution in [3.05, 3.63) is 71.6 Å². The Balaban J connectivity index is 1.45. The van der Waals surface area contributed by atoms with Crippen molar-refractivity contribution in [3.63, 3.8) is 0 Å². The first-order valence-electron chi connectivity index (χ1n) is 9.45. The fraction of sp³-hybridized carbons (Fsp3) is 0.250. The molecule has 1 aliphatic heterocycles. The van der Waals surface area contributed by atoms with E-state index in [1.54, 1.807) is 23.1 Å². The number of hydrogen-bond acceptors (Lipinski definition) is 6. The maximum absolute atomic E-state index is 13.6. The second-order valence-electron chi connectivity index (χ2n) is 7.05. The van der Waals surface area contributed by atoms with Gasteiger partial charge in [-0.3, -0.25) is 14.5 Å². The van der Waals surface area contributed by atoms with E-state index in [0.29, 0.717) is 17.8 Å². The van der Waals surface area contributed by atoms with Gasteiger partial charge >= 0.3 is 0 Å². The lowest BCUT2D eigenvalue weighted by Gasteiger charge is -2.14. The monoisotopic (exact) mass is 445 g/mol. The Morgan fingerprint density at radius 2 is 2.16 bits per heavy atom. The maximum atomic E-state index is 13.6. The number of fused-ring (bicyclic) bond motifs is 1. The van der Waals surface area contributed by atoms with Gasteiger partial charge in [-0.2, -0.15) is 5.10 Å². The lowest BCUT2D eigenvalue weighted by molar-refractivity contribution is 0.0950. The van der Waals surface area contributed by atoms with Gasteiger partial charge in [-0.1, -0.05) is 6.07 Å². The Bertz CT molecular complexity index is 1210. The van der Waals surface area contributed by atoms with Crippen LogP contribution in [0.5, 0.6) is 5.75 Å². The molecule has 3 heterocycles. The molecular formula is C20H20FN5O4S. The average Bonchev–Trinajstić information content (AvgIpc) is 3.32. The molecule has 0 radical (unpaired) electrons. The van der Waals surface area contributed by atoms with Crippen LogP contribution in [-0.2, 0) is 29.5 Å². The van der Waals surface area contributed by atoms with Crippen LogP contribution in [0.2, 0.25) is 0 Å². The van der Waals surface area contributed by atoms with Crippen LogP contribution in [0, 0.1) is 5.82 Å². The molecule has 2 N–H and O–H groups in total.